The molecule has 1 atom stereocenters. The van der Waals surface area contributed by atoms with Gasteiger partial charge in [0.1, 0.15) is 17.6 Å². The van der Waals surface area contributed by atoms with Crippen LogP contribution in [0.1, 0.15) is 29.9 Å². The maximum atomic E-state index is 6.65. The number of anilines is 1. The van der Waals surface area contributed by atoms with E-state index in [-0.39, 0.29) is 6.04 Å². The van der Waals surface area contributed by atoms with Crippen molar-refractivity contribution < 1.29 is 9.47 Å². The third-order valence-electron chi connectivity index (χ3n) is 7.09. The number of rotatable bonds is 8. The first-order valence-electron chi connectivity index (χ1n) is 13.0. The van der Waals surface area contributed by atoms with E-state index in [1.807, 2.05) is 41.0 Å². The maximum absolute atomic E-state index is 6.65. The molecule has 1 saturated heterocycles. The number of nitrogens with zero attached hydrogens (tertiary/aromatic N) is 6. The van der Waals surface area contributed by atoms with Crippen molar-refractivity contribution in [2.75, 3.05) is 38.7 Å². The fraction of sp³-hybridized carbons (Fsp3) is 0.310. The number of aromatic nitrogens is 5. The number of morpholine rings is 1. The van der Waals surface area contributed by atoms with Gasteiger partial charge in [-0.05, 0) is 42.1 Å². The standard InChI is InChI=1S/C29H30ClN7O2/c1-19(24-14-21-4-3-5-23(30)26(21)25(35-24)16-36-10-12-39-13-11-36)34-28-27-29(32-17-31-28)37(18-33-27)15-20-6-8-22(38-2)9-7-20/h3-9,14,17-19H,10-13,15-16H2,1-2H3,(H,31,32,34)/t19-/m0/s1. The van der Waals surface area contributed by atoms with Crippen LogP contribution in [0.5, 0.6) is 5.75 Å². The second kappa shape index (κ2) is 11.1. The van der Waals surface area contributed by atoms with Gasteiger partial charge in [-0.3, -0.25) is 9.88 Å². The van der Waals surface area contributed by atoms with Crippen LogP contribution in [0.15, 0.2) is 61.2 Å². The average molecular weight is 544 g/mol. The van der Waals surface area contributed by atoms with Crippen molar-refractivity contribution in [1.82, 2.24) is 29.4 Å². The lowest BCUT2D eigenvalue weighted by Gasteiger charge is -2.27. The van der Waals surface area contributed by atoms with Gasteiger partial charge >= 0.3 is 0 Å². The fourth-order valence-corrected chi connectivity index (χ4v) is 5.28. The molecular weight excluding hydrogens is 514 g/mol. The molecule has 0 aliphatic carbocycles. The van der Waals surface area contributed by atoms with Crippen LogP contribution in [0.4, 0.5) is 5.82 Å². The van der Waals surface area contributed by atoms with Gasteiger partial charge in [0, 0.05) is 25.0 Å². The van der Waals surface area contributed by atoms with Crippen LogP contribution in [-0.4, -0.2) is 62.8 Å². The quantitative estimate of drug-likeness (QED) is 0.289. The van der Waals surface area contributed by atoms with Gasteiger partial charge in [-0.1, -0.05) is 35.9 Å². The van der Waals surface area contributed by atoms with Gasteiger partial charge in [0.15, 0.2) is 11.5 Å². The molecule has 5 aromatic rings. The molecule has 39 heavy (non-hydrogen) atoms. The zero-order chi connectivity index (χ0) is 26.8. The van der Waals surface area contributed by atoms with Gasteiger partial charge in [0.2, 0.25) is 0 Å². The van der Waals surface area contributed by atoms with Crippen molar-refractivity contribution in [3.63, 3.8) is 0 Å². The highest BCUT2D eigenvalue weighted by Gasteiger charge is 2.19. The average Bonchev–Trinajstić information content (AvgIpc) is 3.37. The third kappa shape index (κ3) is 5.38. The lowest BCUT2D eigenvalue weighted by molar-refractivity contribution is 0.0338. The Kier molecular flexibility index (Phi) is 7.28. The normalized spacial score (nSPS) is 15.1. The van der Waals surface area contributed by atoms with E-state index in [1.165, 1.54) is 0 Å². The summed E-state index contributed by atoms with van der Waals surface area (Å²) in [7, 11) is 1.67. The minimum absolute atomic E-state index is 0.123. The highest BCUT2D eigenvalue weighted by atomic mass is 35.5. The number of methoxy groups -OCH3 is 1. The number of benzene rings is 2. The molecule has 0 spiro atoms. The first-order valence-corrected chi connectivity index (χ1v) is 13.4. The van der Waals surface area contributed by atoms with Crippen molar-refractivity contribution in [1.29, 1.82) is 0 Å². The molecule has 6 rings (SSSR count). The second-order valence-corrected chi connectivity index (χ2v) is 10.1. The summed E-state index contributed by atoms with van der Waals surface area (Å²) in [5.41, 5.74) is 4.50. The monoisotopic (exact) mass is 543 g/mol. The van der Waals surface area contributed by atoms with Crippen LogP contribution in [0, 0.1) is 0 Å². The number of halogens is 1. The van der Waals surface area contributed by atoms with Gasteiger partial charge in [-0.15, -0.1) is 0 Å². The molecule has 1 aliphatic heterocycles. The summed E-state index contributed by atoms with van der Waals surface area (Å²) in [5.74, 6) is 1.50. The molecule has 9 nitrogen and oxygen atoms in total. The number of hydrogen-bond acceptors (Lipinski definition) is 8. The maximum Gasteiger partial charge on any atom is 0.165 e. The molecule has 0 amide bonds. The molecule has 0 bridgehead atoms. The fourth-order valence-electron chi connectivity index (χ4n) is 4.98. The molecule has 1 fully saturated rings. The Hall–Kier alpha value is -3.79. The molecule has 0 saturated carbocycles. The van der Waals surface area contributed by atoms with Gasteiger partial charge in [-0.25, -0.2) is 15.0 Å². The van der Waals surface area contributed by atoms with Gasteiger partial charge in [-0.2, -0.15) is 0 Å². The second-order valence-electron chi connectivity index (χ2n) is 9.70. The SMILES string of the molecule is COc1ccc(Cn2cnc3c(N[C@@H](C)c4cc5cccc(Cl)c5c(CN5CCOCC5)n4)ncnc32)cc1. The first kappa shape index (κ1) is 25.5. The number of nitrogens with one attached hydrogen (secondary N) is 1. The van der Waals surface area contributed by atoms with E-state index >= 15 is 0 Å². The Balaban J connectivity index is 1.28. The molecule has 3 aromatic heterocycles. The zero-order valence-electron chi connectivity index (χ0n) is 22.0. The van der Waals surface area contributed by atoms with Gasteiger partial charge in [0.25, 0.3) is 0 Å². The Bertz CT molecular complexity index is 1600. The number of fused-ring (bicyclic) bond motifs is 2. The molecular formula is C29H30ClN7O2. The van der Waals surface area contributed by atoms with E-state index in [0.29, 0.717) is 12.4 Å². The van der Waals surface area contributed by atoms with Crippen LogP contribution < -0.4 is 10.1 Å². The van der Waals surface area contributed by atoms with Crippen LogP contribution in [0.2, 0.25) is 5.02 Å². The molecule has 1 aliphatic rings. The first-order chi connectivity index (χ1) is 19.1. The lowest BCUT2D eigenvalue weighted by atomic mass is 10.1. The summed E-state index contributed by atoms with van der Waals surface area (Å²) in [4.78, 5) is 21.1. The molecule has 2 aromatic carbocycles. The van der Waals surface area contributed by atoms with E-state index < -0.39 is 0 Å². The number of ether oxygens (including phenoxy) is 2. The van der Waals surface area contributed by atoms with E-state index in [1.54, 1.807) is 19.8 Å². The minimum Gasteiger partial charge on any atom is -0.497 e. The molecule has 200 valence electrons. The Morgan fingerprint density at radius 2 is 1.87 bits per heavy atom. The van der Waals surface area contributed by atoms with Crippen molar-refractivity contribution in [2.24, 2.45) is 0 Å². The number of imidazole rings is 1. The van der Waals surface area contributed by atoms with Gasteiger partial charge < -0.3 is 19.4 Å². The Morgan fingerprint density at radius 3 is 2.67 bits per heavy atom. The summed E-state index contributed by atoms with van der Waals surface area (Å²) in [5, 5.41) is 6.32. The Labute approximate surface area is 231 Å². The predicted octanol–water partition coefficient (Wildman–Crippen LogP) is 5.09. The summed E-state index contributed by atoms with van der Waals surface area (Å²) in [6.07, 6.45) is 3.37. The van der Waals surface area contributed by atoms with Crippen molar-refractivity contribution in [3.8, 4) is 5.75 Å². The minimum atomic E-state index is -0.123. The van der Waals surface area contributed by atoms with E-state index in [0.717, 1.165) is 82.5 Å². The number of pyridine rings is 1. The van der Waals surface area contributed by atoms with E-state index in [9.17, 15) is 0 Å². The van der Waals surface area contributed by atoms with Crippen LogP contribution >= 0.6 is 11.6 Å². The highest BCUT2D eigenvalue weighted by Crippen LogP contribution is 2.31. The smallest absolute Gasteiger partial charge is 0.165 e. The topological polar surface area (TPSA) is 90.2 Å². The van der Waals surface area contributed by atoms with Crippen LogP contribution in [0.3, 0.4) is 0 Å². The number of hydrogen-bond donors (Lipinski definition) is 1. The van der Waals surface area contributed by atoms with Crippen molar-refractivity contribution in [3.05, 3.63) is 83.2 Å². The highest BCUT2D eigenvalue weighted by molar-refractivity contribution is 6.35. The zero-order valence-corrected chi connectivity index (χ0v) is 22.7. The molecule has 0 radical (unpaired) electrons. The largest absolute Gasteiger partial charge is 0.497 e. The van der Waals surface area contributed by atoms with Crippen LogP contribution in [0.25, 0.3) is 21.9 Å². The molecule has 1 N–H and O–H groups in total. The van der Waals surface area contributed by atoms with E-state index in [4.69, 9.17) is 26.1 Å². The van der Waals surface area contributed by atoms with E-state index in [2.05, 4.69) is 44.2 Å². The third-order valence-corrected chi connectivity index (χ3v) is 7.40. The van der Waals surface area contributed by atoms with Crippen molar-refractivity contribution >= 4 is 39.4 Å². The lowest BCUT2D eigenvalue weighted by Crippen LogP contribution is -2.36. The van der Waals surface area contributed by atoms with Gasteiger partial charge in [0.05, 0.1) is 55.6 Å². The summed E-state index contributed by atoms with van der Waals surface area (Å²) >= 11 is 6.65. The molecule has 0 unspecified atom stereocenters. The van der Waals surface area contributed by atoms with Crippen LogP contribution in [-0.2, 0) is 17.8 Å². The van der Waals surface area contributed by atoms with Crippen molar-refractivity contribution in [2.45, 2.75) is 26.1 Å². The predicted molar refractivity (Wildman–Crippen MR) is 152 cm³/mol. The summed E-state index contributed by atoms with van der Waals surface area (Å²) in [6, 6.07) is 16.0. The molecule has 10 heteroatoms. The molecule has 4 heterocycles. The Morgan fingerprint density at radius 1 is 1.05 bits per heavy atom. The summed E-state index contributed by atoms with van der Waals surface area (Å²) < 4.78 is 12.8. The summed E-state index contributed by atoms with van der Waals surface area (Å²) in [6.45, 7) is 6.67.